The van der Waals surface area contributed by atoms with E-state index >= 15 is 0 Å². The summed E-state index contributed by atoms with van der Waals surface area (Å²) >= 11 is 0. The Labute approximate surface area is 136 Å². The number of amides is 3. The molecule has 1 N–H and O–H groups in total. The van der Waals surface area contributed by atoms with Crippen molar-refractivity contribution < 1.29 is 14.0 Å². The third kappa shape index (κ3) is 4.06. The van der Waals surface area contributed by atoms with E-state index in [2.05, 4.69) is 5.32 Å². The van der Waals surface area contributed by atoms with Crippen LogP contribution in [-0.4, -0.2) is 54.0 Å². The lowest BCUT2D eigenvalue weighted by molar-refractivity contribution is 0.0730. The summed E-state index contributed by atoms with van der Waals surface area (Å²) in [6.07, 6.45) is 8.16. The molecular weight excluding hydrogens is 294 g/mol. The molecule has 1 saturated carbocycles. The quantitative estimate of drug-likeness (QED) is 0.910. The molecule has 0 radical (unpaired) electrons. The van der Waals surface area contributed by atoms with Crippen molar-refractivity contribution in [2.45, 2.75) is 44.6 Å². The molecule has 2 heterocycles. The lowest BCUT2D eigenvalue weighted by Gasteiger charge is -2.27. The van der Waals surface area contributed by atoms with E-state index in [-0.39, 0.29) is 11.9 Å². The van der Waals surface area contributed by atoms with Crippen LogP contribution >= 0.6 is 0 Å². The number of hydrogen-bond acceptors (Lipinski definition) is 3. The molecule has 0 bridgehead atoms. The van der Waals surface area contributed by atoms with Gasteiger partial charge in [-0.15, -0.1) is 0 Å². The number of carbonyl (C=O) groups is 2. The minimum absolute atomic E-state index is 0.0178. The number of furan rings is 1. The topological polar surface area (TPSA) is 65.8 Å². The molecule has 1 aliphatic heterocycles. The SMILES string of the molecule is O=C(NC1CCCCC1)N1CCCN(C(=O)c2ccco2)CC1. The molecule has 1 saturated heterocycles. The van der Waals surface area contributed by atoms with Crippen molar-refractivity contribution in [1.82, 2.24) is 15.1 Å². The Kier molecular flexibility index (Phi) is 5.20. The van der Waals surface area contributed by atoms with Crippen LogP contribution in [0.5, 0.6) is 0 Å². The van der Waals surface area contributed by atoms with Gasteiger partial charge in [0, 0.05) is 32.2 Å². The first-order chi connectivity index (χ1) is 11.2. The van der Waals surface area contributed by atoms with Gasteiger partial charge in [-0.05, 0) is 31.4 Å². The lowest BCUT2D eigenvalue weighted by atomic mass is 9.96. The zero-order valence-electron chi connectivity index (χ0n) is 13.5. The van der Waals surface area contributed by atoms with Crippen LogP contribution in [0.4, 0.5) is 4.79 Å². The summed E-state index contributed by atoms with van der Waals surface area (Å²) in [7, 11) is 0. The lowest BCUT2D eigenvalue weighted by Crippen LogP contribution is -2.46. The second-order valence-corrected chi connectivity index (χ2v) is 6.39. The summed E-state index contributed by atoms with van der Waals surface area (Å²) < 4.78 is 5.18. The molecule has 1 aromatic heterocycles. The molecule has 126 valence electrons. The molecule has 0 unspecified atom stereocenters. The maximum Gasteiger partial charge on any atom is 0.317 e. The maximum absolute atomic E-state index is 12.4. The van der Waals surface area contributed by atoms with Gasteiger partial charge in [0.1, 0.15) is 0 Å². The summed E-state index contributed by atoms with van der Waals surface area (Å²) in [5.74, 6) is 0.273. The van der Waals surface area contributed by atoms with Gasteiger partial charge >= 0.3 is 6.03 Å². The third-order valence-electron chi connectivity index (χ3n) is 4.74. The van der Waals surface area contributed by atoms with Crippen molar-refractivity contribution in [3.8, 4) is 0 Å². The molecule has 1 aliphatic carbocycles. The third-order valence-corrected chi connectivity index (χ3v) is 4.74. The minimum atomic E-state index is -0.0930. The van der Waals surface area contributed by atoms with Crippen molar-refractivity contribution in [2.24, 2.45) is 0 Å². The van der Waals surface area contributed by atoms with Gasteiger partial charge in [0.05, 0.1) is 6.26 Å². The molecule has 0 atom stereocenters. The first kappa shape index (κ1) is 15.9. The maximum atomic E-state index is 12.4. The Bertz CT molecular complexity index is 523. The molecular formula is C17H25N3O3. The average Bonchev–Trinajstić information content (AvgIpc) is 2.99. The number of nitrogens with zero attached hydrogens (tertiary/aromatic N) is 2. The molecule has 3 amide bonds. The Morgan fingerprint density at radius 1 is 1.00 bits per heavy atom. The Morgan fingerprint density at radius 3 is 2.48 bits per heavy atom. The highest BCUT2D eigenvalue weighted by atomic mass is 16.3. The summed E-state index contributed by atoms with van der Waals surface area (Å²) in [5.41, 5.74) is 0. The van der Waals surface area contributed by atoms with E-state index in [1.54, 1.807) is 17.0 Å². The average molecular weight is 319 g/mol. The normalized spacial score (nSPS) is 20.2. The van der Waals surface area contributed by atoms with Crippen molar-refractivity contribution in [3.63, 3.8) is 0 Å². The van der Waals surface area contributed by atoms with E-state index in [1.807, 2.05) is 4.90 Å². The van der Waals surface area contributed by atoms with Gasteiger partial charge in [-0.3, -0.25) is 4.79 Å². The van der Waals surface area contributed by atoms with Crippen molar-refractivity contribution >= 4 is 11.9 Å². The highest BCUT2D eigenvalue weighted by Gasteiger charge is 2.25. The van der Waals surface area contributed by atoms with E-state index < -0.39 is 0 Å². The number of carbonyl (C=O) groups excluding carboxylic acids is 2. The van der Waals surface area contributed by atoms with Crippen molar-refractivity contribution in [3.05, 3.63) is 24.2 Å². The first-order valence-electron chi connectivity index (χ1n) is 8.62. The summed E-state index contributed by atoms with van der Waals surface area (Å²) in [6, 6.07) is 3.74. The van der Waals surface area contributed by atoms with Crippen LogP contribution in [0.25, 0.3) is 0 Å². The molecule has 2 fully saturated rings. The standard InChI is InChI=1S/C17H25N3O3/c21-16(15-8-4-13-23-15)19-9-5-10-20(12-11-19)17(22)18-14-6-2-1-3-7-14/h4,8,13-14H,1-3,5-7,9-12H2,(H,18,22). The predicted molar refractivity (Wildman–Crippen MR) is 86.2 cm³/mol. The van der Waals surface area contributed by atoms with Crippen molar-refractivity contribution in [2.75, 3.05) is 26.2 Å². The molecule has 2 aliphatic rings. The molecule has 1 aromatic rings. The predicted octanol–water partition coefficient (Wildman–Crippen LogP) is 2.47. The fraction of sp³-hybridized carbons (Fsp3) is 0.647. The van der Waals surface area contributed by atoms with E-state index in [4.69, 9.17) is 4.42 Å². The highest BCUT2D eigenvalue weighted by Crippen LogP contribution is 2.18. The second kappa shape index (κ2) is 7.53. The van der Waals surface area contributed by atoms with Crippen LogP contribution in [0, 0.1) is 0 Å². The van der Waals surface area contributed by atoms with Gasteiger partial charge in [0.25, 0.3) is 5.91 Å². The van der Waals surface area contributed by atoms with E-state index in [0.717, 1.165) is 19.3 Å². The molecule has 3 rings (SSSR count). The monoisotopic (exact) mass is 319 g/mol. The Balaban J connectivity index is 1.51. The van der Waals surface area contributed by atoms with E-state index in [9.17, 15) is 9.59 Å². The largest absolute Gasteiger partial charge is 0.459 e. The molecule has 0 aromatic carbocycles. The van der Waals surface area contributed by atoms with Crippen LogP contribution in [0.15, 0.2) is 22.8 Å². The second-order valence-electron chi connectivity index (χ2n) is 6.39. The van der Waals surface area contributed by atoms with Gasteiger partial charge < -0.3 is 19.5 Å². The van der Waals surface area contributed by atoms with Gasteiger partial charge in [-0.2, -0.15) is 0 Å². The van der Waals surface area contributed by atoms with Crippen LogP contribution < -0.4 is 5.32 Å². The number of urea groups is 1. The summed E-state index contributed by atoms with van der Waals surface area (Å²) in [6.45, 7) is 2.48. The number of rotatable bonds is 2. The fourth-order valence-corrected chi connectivity index (χ4v) is 3.39. The zero-order valence-corrected chi connectivity index (χ0v) is 13.5. The molecule has 6 heteroatoms. The van der Waals surface area contributed by atoms with Gasteiger partial charge in [-0.1, -0.05) is 19.3 Å². The van der Waals surface area contributed by atoms with E-state index in [1.165, 1.54) is 25.5 Å². The zero-order chi connectivity index (χ0) is 16.1. The smallest absolute Gasteiger partial charge is 0.317 e. The first-order valence-corrected chi connectivity index (χ1v) is 8.62. The van der Waals surface area contributed by atoms with Gasteiger partial charge in [-0.25, -0.2) is 4.79 Å². The number of hydrogen-bond donors (Lipinski definition) is 1. The Hall–Kier alpha value is -1.98. The minimum Gasteiger partial charge on any atom is -0.459 e. The fourth-order valence-electron chi connectivity index (χ4n) is 3.39. The van der Waals surface area contributed by atoms with Crippen LogP contribution in [0.2, 0.25) is 0 Å². The van der Waals surface area contributed by atoms with Crippen LogP contribution in [0.1, 0.15) is 49.1 Å². The van der Waals surface area contributed by atoms with Crippen LogP contribution in [-0.2, 0) is 0 Å². The van der Waals surface area contributed by atoms with E-state index in [0.29, 0.717) is 38.0 Å². The Morgan fingerprint density at radius 2 is 1.74 bits per heavy atom. The summed E-state index contributed by atoms with van der Waals surface area (Å²) in [5, 5.41) is 3.15. The van der Waals surface area contributed by atoms with Gasteiger partial charge in [0.15, 0.2) is 5.76 Å². The molecule has 6 nitrogen and oxygen atoms in total. The summed E-state index contributed by atoms with van der Waals surface area (Å²) in [4.78, 5) is 28.3. The number of nitrogens with one attached hydrogen (secondary N) is 1. The molecule has 0 spiro atoms. The van der Waals surface area contributed by atoms with Crippen molar-refractivity contribution in [1.29, 1.82) is 0 Å². The van der Waals surface area contributed by atoms with Gasteiger partial charge in [0.2, 0.25) is 0 Å². The highest BCUT2D eigenvalue weighted by molar-refractivity contribution is 5.91. The van der Waals surface area contributed by atoms with Crippen LogP contribution in [0.3, 0.4) is 0 Å². The molecule has 23 heavy (non-hydrogen) atoms.